The number of nitrogens with zero attached hydrogens (tertiary/aromatic N) is 3. The summed E-state index contributed by atoms with van der Waals surface area (Å²) in [5.41, 5.74) is 3.01. The monoisotopic (exact) mass is 353 g/mol. The van der Waals surface area contributed by atoms with Crippen LogP contribution in [0.2, 0.25) is 0 Å². The van der Waals surface area contributed by atoms with Gasteiger partial charge in [-0.1, -0.05) is 42.4 Å². The van der Waals surface area contributed by atoms with Crippen molar-refractivity contribution in [2.45, 2.75) is 6.92 Å². The van der Waals surface area contributed by atoms with Gasteiger partial charge in [-0.05, 0) is 28.4 Å². The molecule has 0 unspecified atom stereocenters. The molecule has 0 heterocycles. The molecule has 0 bridgehead atoms. The van der Waals surface area contributed by atoms with E-state index in [1.54, 1.807) is 31.4 Å². The number of allylic oxidation sites excluding steroid dienone is 2. The molecule has 0 fully saturated rings. The van der Waals surface area contributed by atoms with Crippen LogP contribution in [0, 0.1) is 6.92 Å². The lowest BCUT2D eigenvalue weighted by atomic mass is 10.0. The Kier molecular flexibility index (Phi) is 6.68. The van der Waals surface area contributed by atoms with Crippen molar-refractivity contribution in [2.24, 2.45) is 10.1 Å². The van der Waals surface area contributed by atoms with Crippen molar-refractivity contribution in [1.29, 1.82) is 0 Å². The van der Waals surface area contributed by atoms with Gasteiger partial charge in [0.1, 0.15) is 5.16 Å². The Labute approximate surface area is 133 Å². The first-order chi connectivity index (χ1) is 9.45. The molecule has 0 amide bonds. The number of hydrogen-bond donors (Lipinski definition) is 0. The zero-order valence-electron chi connectivity index (χ0n) is 11.8. The van der Waals surface area contributed by atoms with E-state index in [0.29, 0.717) is 9.64 Å². The molecule has 20 heavy (non-hydrogen) atoms. The second-order valence-corrected chi connectivity index (χ2v) is 5.51. The topological polar surface area (TPSA) is 28.0 Å². The Hall–Kier alpha value is -1.39. The van der Waals surface area contributed by atoms with E-state index in [2.05, 4.69) is 32.6 Å². The fraction of sp³-hybridized carbons (Fsp3) is 0.200. The average molecular weight is 355 g/mol. The maximum atomic E-state index is 6.24. The lowest BCUT2D eigenvalue weighted by Gasteiger charge is -2.12. The zero-order valence-corrected chi connectivity index (χ0v) is 14.1. The van der Waals surface area contributed by atoms with Crippen LogP contribution in [0.1, 0.15) is 11.1 Å². The molecule has 0 N–H and O–H groups in total. The van der Waals surface area contributed by atoms with Crippen LogP contribution < -0.4 is 0 Å². The van der Waals surface area contributed by atoms with Crippen LogP contribution >= 0.6 is 27.5 Å². The number of aryl methyl sites for hydroxylation is 1. The zero-order chi connectivity index (χ0) is 15.1. The third-order valence-electron chi connectivity index (χ3n) is 2.60. The van der Waals surface area contributed by atoms with E-state index in [-0.39, 0.29) is 0 Å². The van der Waals surface area contributed by atoms with E-state index in [9.17, 15) is 0 Å². The fourth-order valence-corrected chi connectivity index (χ4v) is 1.77. The Morgan fingerprint density at radius 3 is 2.60 bits per heavy atom. The Morgan fingerprint density at radius 1 is 1.40 bits per heavy atom. The second kappa shape index (κ2) is 8.02. The van der Waals surface area contributed by atoms with Crippen molar-refractivity contribution in [3.63, 3.8) is 0 Å². The minimum absolute atomic E-state index is 0.471. The van der Waals surface area contributed by atoms with Crippen molar-refractivity contribution in [2.75, 3.05) is 14.1 Å². The highest BCUT2D eigenvalue weighted by molar-refractivity contribution is 9.12. The van der Waals surface area contributed by atoms with E-state index in [4.69, 9.17) is 11.6 Å². The summed E-state index contributed by atoms with van der Waals surface area (Å²) < 4.78 is 0.678. The van der Waals surface area contributed by atoms with E-state index in [1.807, 2.05) is 31.2 Å². The fourth-order valence-electron chi connectivity index (χ4n) is 1.53. The lowest BCUT2D eigenvalue weighted by molar-refractivity contribution is 0.479. The SMILES string of the molecule is C=C(Br)/C=N\N(C)/C(Cl)=C\C(=NC)c1ccccc1C. The number of halogens is 2. The highest BCUT2D eigenvalue weighted by atomic mass is 79.9. The molecule has 5 heteroatoms. The average Bonchev–Trinajstić information content (AvgIpc) is 2.42. The summed E-state index contributed by atoms with van der Waals surface area (Å²) in [4.78, 5) is 4.29. The highest BCUT2D eigenvalue weighted by Gasteiger charge is 2.06. The van der Waals surface area contributed by atoms with Gasteiger partial charge in [0.25, 0.3) is 0 Å². The first-order valence-electron chi connectivity index (χ1n) is 5.97. The summed E-state index contributed by atoms with van der Waals surface area (Å²) in [5, 5.41) is 6.16. The summed E-state index contributed by atoms with van der Waals surface area (Å²) in [6, 6.07) is 8.03. The van der Waals surface area contributed by atoms with Crippen LogP contribution in [0.4, 0.5) is 0 Å². The predicted octanol–water partition coefficient (Wildman–Crippen LogP) is 4.32. The molecule has 0 spiro atoms. The Morgan fingerprint density at radius 2 is 2.05 bits per heavy atom. The molecule has 1 aromatic carbocycles. The molecule has 0 radical (unpaired) electrons. The Balaban J connectivity index is 3.01. The van der Waals surface area contributed by atoms with Gasteiger partial charge >= 0.3 is 0 Å². The van der Waals surface area contributed by atoms with E-state index >= 15 is 0 Å². The third kappa shape index (κ3) is 4.94. The first-order valence-corrected chi connectivity index (χ1v) is 7.15. The standard InChI is InChI=1S/C15H17BrClN3/c1-11-7-5-6-8-13(11)14(18-3)9-15(17)20(4)19-10-12(2)16/h5-10H,2H2,1,3-4H3/b15-9-,18-14?,19-10-. The highest BCUT2D eigenvalue weighted by Crippen LogP contribution is 2.14. The number of hydrogen-bond acceptors (Lipinski definition) is 3. The van der Waals surface area contributed by atoms with Crippen LogP contribution in [0.3, 0.4) is 0 Å². The number of rotatable bonds is 5. The molecule has 0 aromatic heterocycles. The minimum atomic E-state index is 0.471. The summed E-state index contributed by atoms with van der Waals surface area (Å²) in [6.07, 6.45) is 3.37. The number of aliphatic imine (C=N–C) groups is 1. The van der Waals surface area contributed by atoms with E-state index in [0.717, 1.165) is 16.8 Å². The second-order valence-electron chi connectivity index (χ2n) is 4.11. The molecule has 3 nitrogen and oxygen atoms in total. The van der Waals surface area contributed by atoms with Crippen molar-refractivity contribution < 1.29 is 0 Å². The van der Waals surface area contributed by atoms with Crippen molar-refractivity contribution >= 4 is 39.5 Å². The maximum absolute atomic E-state index is 6.24. The van der Waals surface area contributed by atoms with E-state index < -0.39 is 0 Å². The predicted molar refractivity (Wildman–Crippen MR) is 91.9 cm³/mol. The van der Waals surface area contributed by atoms with Crippen LogP contribution in [0.5, 0.6) is 0 Å². The molecule has 0 aliphatic rings. The van der Waals surface area contributed by atoms with Gasteiger partial charge < -0.3 is 0 Å². The lowest BCUT2D eigenvalue weighted by Crippen LogP contribution is -2.09. The van der Waals surface area contributed by atoms with Gasteiger partial charge in [0.15, 0.2) is 0 Å². The number of benzene rings is 1. The summed E-state index contributed by atoms with van der Waals surface area (Å²) in [5.74, 6) is 0. The van der Waals surface area contributed by atoms with Gasteiger partial charge in [0.05, 0.1) is 11.9 Å². The normalized spacial score (nSPS) is 12.8. The maximum Gasteiger partial charge on any atom is 0.127 e. The Bertz CT molecular complexity index is 576. The molecule has 0 saturated heterocycles. The van der Waals surface area contributed by atoms with Crippen molar-refractivity contribution in [1.82, 2.24) is 5.01 Å². The van der Waals surface area contributed by atoms with Gasteiger partial charge in [-0.15, -0.1) is 0 Å². The molecule has 0 aliphatic heterocycles. The molecule has 0 aliphatic carbocycles. The third-order valence-corrected chi connectivity index (χ3v) is 3.16. The van der Waals surface area contributed by atoms with Crippen LogP contribution in [0.25, 0.3) is 0 Å². The quantitative estimate of drug-likeness (QED) is 0.439. The minimum Gasteiger partial charge on any atom is -0.288 e. The van der Waals surface area contributed by atoms with Gasteiger partial charge in [-0.25, -0.2) is 0 Å². The molecule has 1 aromatic rings. The number of hydrazone groups is 1. The van der Waals surface area contributed by atoms with Crippen LogP contribution in [-0.4, -0.2) is 31.0 Å². The molecular formula is C15H17BrClN3. The smallest absolute Gasteiger partial charge is 0.127 e. The molecule has 1 rings (SSSR count). The summed E-state index contributed by atoms with van der Waals surface area (Å²) in [6.45, 7) is 5.72. The molecule has 106 valence electrons. The van der Waals surface area contributed by atoms with Gasteiger partial charge in [0.2, 0.25) is 0 Å². The van der Waals surface area contributed by atoms with Crippen LogP contribution in [-0.2, 0) is 0 Å². The summed E-state index contributed by atoms with van der Waals surface area (Å²) in [7, 11) is 3.50. The van der Waals surface area contributed by atoms with Gasteiger partial charge in [-0.2, -0.15) is 5.10 Å². The largest absolute Gasteiger partial charge is 0.288 e. The molecule has 0 atom stereocenters. The molecular weight excluding hydrogens is 338 g/mol. The van der Waals surface area contributed by atoms with Gasteiger partial charge in [0, 0.05) is 30.2 Å². The first kappa shape index (κ1) is 16.7. The van der Waals surface area contributed by atoms with E-state index in [1.165, 1.54) is 0 Å². The van der Waals surface area contributed by atoms with Crippen molar-refractivity contribution in [3.05, 3.63) is 57.7 Å². The summed E-state index contributed by atoms with van der Waals surface area (Å²) >= 11 is 9.44. The molecule has 0 saturated carbocycles. The van der Waals surface area contributed by atoms with Crippen molar-refractivity contribution in [3.8, 4) is 0 Å². The van der Waals surface area contributed by atoms with Gasteiger partial charge in [-0.3, -0.25) is 10.0 Å². The van der Waals surface area contributed by atoms with Crippen LogP contribution in [0.15, 0.2) is 56.7 Å².